The van der Waals surface area contributed by atoms with Gasteiger partial charge >= 0.3 is 17.9 Å². The quantitative estimate of drug-likeness (QED) is 0.250. The Labute approximate surface area is 127 Å². The van der Waals surface area contributed by atoms with Crippen molar-refractivity contribution < 1.29 is 28.6 Å². The number of hydrogen-bond acceptors (Lipinski definition) is 8. The molecule has 0 radical (unpaired) electrons. The number of carbonyl (C=O) groups excluding carboxylic acids is 3. The van der Waals surface area contributed by atoms with Crippen LogP contribution >= 0.6 is 11.8 Å². The second-order valence-electron chi connectivity index (χ2n) is 3.91. The van der Waals surface area contributed by atoms with Crippen LogP contribution in [0.5, 0.6) is 0 Å². The van der Waals surface area contributed by atoms with Crippen molar-refractivity contribution in [1.82, 2.24) is 5.32 Å². The molecule has 0 aliphatic carbocycles. The van der Waals surface area contributed by atoms with E-state index in [2.05, 4.69) is 5.32 Å². The van der Waals surface area contributed by atoms with Crippen molar-refractivity contribution in [2.75, 3.05) is 25.6 Å². The maximum absolute atomic E-state index is 11.9. The summed E-state index contributed by atoms with van der Waals surface area (Å²) in [6.07, 6.45) is 0. The summed E-state index contributed by atoms with van der Waals surface area (Å²) in [7, 11) is 0. The molecule has 0 aromatic carbocycles. The van der Waals surface area contributed by atoms with E-state index in [9.17, 15) is 14.4 Å². The summed E-state index contributed by atoms with van der Waals surface area (Å²) in [5, 5.41) is 3.10. The van der Waals surface area contributed by atoms with Gasteiger partial charge in [-0.1, -0.05) is 0 Å². The normalized spacial score (nSPS) is 16.9. The number of hydrogen-bond donors (Lipinski definition) is 1. The zero-order chi connectivity index (χ0) is 15.8. The Bertz CT molecular complexity index is 428. The molecular formula is C13H19NO6S. The monoisotopic (exact) mass is 317 g/mol. The Morgan fingerprint density at radius 3 is 2.05 bits per heavy atom. The number of ether oxygens (including phenoxy) is 3. The summed E-state index contributed by atoms with van der Waals surface area (Å²) in [6.45, 7) is 5.54. The maximum Gasteiger partial charge on any atom is 0.348 e. The fourth-order valence-electron chi connectivity index (χ4n) is 1.60. The van der Waals surface area contributed by atoms with E-state index in [0.717, 1.165) is 0 Å². The summed E-state index contributed by atoms with van der Waals surface area (Å²) in [5.74, 6) is -1.59. The van der Waals surface area contributed by atoms with Gasteiger partial charge in [0, 0.05) is 5.75 Å². The third-order valence-electron chi connectivity index (χ3n) is 2.46. The van der Waals surface area contributed by atoms with Crippen LogP contribution in [0.1, 0.15) is 20.8 Å². The maximum atomic E-state index is 11.9. The van der Waals surface area contributed by atoms with Crippen LogP contribution in [-0.4, -0.2) is 49.5 Å². The van der Waals surface area contributed by atoms with E-state index in [1.165, 1.54) is 11.8 Å². The third kappa shape index (κ3) is 4.66. The molecule has 118 valence electrons. The van der Waals surface area contributed by atoms with Crippen molar-refractivity contribution in [2.24, 2.45) is 0 Å². The highest BCUT2D eigenvalue weighted by Crippen LogP contribution is 2.27. The zero-order valence-electron chi connectivity index (χ0n) is 12.3. The van der Waals surface area contributed by atoms with E-state index >= 15 is 0 Å². The largest absolute Gasteiger partial charge is 0.464 e. The zero-order valence-corrected chi connectivity index (χ0v) is 13.1. The van der Waals surface area contributed by atoms with Gasteiger partial charge in [-0.2, -0.15) is 0 Å². The van der Waals surface area contributed by atoms with Crippen molar-refractivity contribution in [3.63, 3.8) is 0 Å². The first kappa shape index (κ1) is 17.4. The molecule has 1 heterocycles. The van der Waals surface area contributed by atoms with Crippen LogP contribution in [0, 0.1) is 0 Å². The molecule has 21 heavy (non-hydrogen) atoms. The van der Waals surface area contributed by atoms with Crippen molar-refractivity contribution in [3.05, 3.63) is 10.6 Å². The van der Waals surface area contributed by atoms with Crippen LogP contribution in [0.3, 0.4) is 0 Å². The molecule has 0 aromatic rings. The predicted octanol–water partition coefficient (Wildman–Crippen LogP) is 0.592. The minimum absolute atomic E-state index is 0.140. The minimum atomic E-state index is -0.768. The summed E-state index contributed by atoms with van der Waals surface area (Å²) in [4.78, 5) is 35.4. The first-order valence-electron chi connectivity index (χ1n) is 6.69. The van der Waals surface area contributed by atoms with E-state index < -0.39 is 23.9 Å². The molecule has 1 aliphatic heterocycles. The third-order valence-corrected chi connectivity index (χ3v) is 3.57. The average molecular weight is 317 g/mol. The fourth-order valence-corrected chi connectivity index (χ4v) is 2.69. The lowest BCUT2D eigenvalue weighted by Crippen LogP contribution is -2.35. The standard InChI is InChI=1S/C13H19NO6S/c1-4-18-11(15)8-7-21-10(14-8)9(12(16)19-5-2)13(17)20-6-3/h8,14H,4-7H2,1-3H3/t8-/m0/s1. The number of rotatable bonds is 6. The van der Waals surface area contributed by atoms with Gasteiger partial charge in [0.1, 0.15) is 6.04 Å². The summed E-state index contributed by atoms with van der Waals surface area (Å²) >= 11 is 1.19. The van der Waals surface area contributed by atoms with Crippen LogP contribution in [-0.2, 0) is 28.6 Å². The molecule has 1 saturated heterocycles. The van der Waals surface area contributed by atoms with E-state index in [4.69, 9.17) is 14.2 Å². The van der Waals surface area contributed by atoms with Gasteiger partial charge < -0.3 is 19.5 Å². The van der Waals surface area contributed by atoms with Gasteiger partial charge in [0.25, 0.3) is 0 Å². The van der Waals surface area contributed by atoms with E-state index in [0.29, 0.717) is 5.75 Å². The highest BCUT2D eigenvalue weighted by Gasteiger charge is 2.34. The summed E-state index contributed by atoms with van der Waals surface area (Å²) < 4.78 is 14.6. The van der Waals surface area contributed by atoms with Crippen LogP contribution in [0.15, 0.2) is 10.6 Å². The molecule has 0 unspecified atom stereocenters. The molecule has 1 atom stereocenters. The molecule has 1 fully saturated rings. The Kier molecular flexibility index (Phi) is 7.07. The van der Waals surface area contributed by atoms with E-state index in [1.54, 1.807) is 20.8 Å². The molecule has 8 heteroatoms. The molecule has 0 amide bonds. The second kappa shape index (κ2) is 8.56. The average Bonchev–Trinajstić information content (AvgIpc) is 2.89. The Morgan fingerprint density at radius 2 is 1.57 bits per heavy atom. The van der Waals surface area contributed by atoms with Gasteiger partial charge in [-0.25, -0.2) is 14.4 Å². The molecule has 1 N–H and O–H groups in total. The van der Waals surface area contributed by atoms with Crippen LogP contribution in [0.25, 0.3) is 0 Å². The Balaban J connectivity index is 2.94. The molecule has 7 nitrogen and oxygen atoms in total. The lowest BCUT2D eigenvalue weighted by atomic mass is 10.2. The number of nitrogens with one attached hydrogen (secondary N) is 1. The molecule has 1 rings (SSSR count). The molecule has 0 saturated carbocycles. The SMILES string of the molecule is CCOC(=O)C(C(=O)OCC)=C1N[C@H](C(=O)OCC)CS1. The smallest absolute Gasteiger partial charge is 0.348 e. The molecule has 0 spiro atoms. The highest BCUT2D eigenvalue weighted by atomic mass is 32.2. The van der Waals surface area contributed by atoms with Crippen LogP contribution in [0.2, 0.25) is 0 Å². The molecule has 1 aliphatic rings. The number of carbonyl (C=O) groups is 3. The van der Waals surface area contributed by atoms with E-state index in [1.807, 2.05) is 0 Å². The lowest BCUT2D eigenvalue weighted by Gasteiger charge is -2.11. The second-order valence-corrected chi connectivity index (χ2v) is 4.94. The molecule has 0 bridgehead atoms. The fraction of sp³-hybridized carbons (Fsp3) is 0.615. The van der Waals surface area contributed by atoms with Crippen LogP contribution < -0.4 is 5.32 Å². The van der Waals surface area contributed by atoms with Crippen molar-refractivity contribution >= 4 is 29.7 Å². The number of thioether (sulfide) groups is 1. The van der Waals surface area contributed by atoms with Crippen molar-refractivity contribution in [1.29, 1.82) is 0 Å². The molecule has 0 aromatic heterocycles. The van der Waals surface area contributed by atoms with Gasteiger partial charge in [-0.05, 0) is 20.8 Å². The predicted molar refractivity (Wildman–Crippen MR) is 76.3 cm³/mol. The Hall–Kier alpha value is -1.70. The van der Waals surface area contributed by atoms with E-state index in [-0.39, 0.29) is 30.4 Å². The minimum Gasteiger partial charge on any atom is -0.464 e. The molecular weight excluding hydrogens is 298 g/mol. The van der Waals surface area contributed by atoms with Gasteiger partial charge in [0.15, 0.2) is 5.57 Å². The van der Waals surface area contributed by atoms with Crippen molar-refractivity contribution in [2.45, 2.75) is 26.8 Å². The Morgan fingerprint density at radius 1 is 1.05 bits per heavy atom. The van der Waals surface area contributed by atoms with Crippen molar-refractivity contribution in [3.8, 4) is 0 Å². The first-order valence-corrected chi connectivity index (χ1v) is 7.68. The van der Waals surface area contributed by atoms with Gasteiger partial charge in [-0.15, -0.1) is 11.8 Å². The topological polar surface area (TPSA) is 90.9 Å². The summed E-state index contributed by atoms with van der Waals surface area (Å²) in [6, 6.07) is -0.594. The summed E-state index contributed by atoms with van der Waals surface area (Å²) in [5.41, 5.74) is -0.213. The number of esters is 3. The highest BCUT2D eigenvalue weighted by molar-refractivity contribution is 8.03. The van der Waals surface area contributed by atoms with Gasteiger partial charge in [0.05, 0.1) is 24.8 Å². The van der Waals surface area contributed by atoms with Crippen LogP contribution in [0.4, 0.5) is 0 Å². The lowest BCUT2D eigenvalue weighted by molar-refractivity contribution is -0.147. The first-order chi connectivity index (χ1) is 10.0. The van der Waals surface area contributed by atoms with Gasteiger partial charge in [0.2, 0.25) is 0 Å². The van der Waals surface area contributed by atoms with Gasteiger partial charge in [-0.3, -0.25) is 0 Å².